The van der Waals surface area contributed by atoms with Crippen LogP contribution in [0.15, 0.2) is 23.9 Å². The van der Waals surface area contributed by atoms with Crippen molar-refractivity contribution < 1.29 is 0 Å². The number of nitrogens with zero attached hydrogens (tertiary/aromatic N) is 2. The minimum Gasteiger partial charge on any atom is -0.305 e. The highest BCUT2D eigenvalue weighted by atomic mass is 15.0. The van der Waals surface area contributed by atoms with Gasteiger partial charge in [-0.2, -0.15) is 0 Å². The van der Waals surface area contributed by atoms with E-state index in [4.69, 9.17) is 0 Å². The lowest BCUT2D eigenvalue weighted by molar-refractivity contribution is 0.554. The van der Waals surface area contributed by atoms with E-state index in [0.717, 1.165) is 24.5 Å². The summed E-state index contributed by atoms with van der Waals surface area (Å²) in [5, 5.41) is 3.65. The van der Waals surface area contributed by atoms with E-state index in [1.165, 1.54) is 37.7 Å². The van der Waals surface area contributed by atoms with Gasteiger partial charge in [-0.25, -0.2) is 9.97 Å². The van der Waals surface area contributed by atoms with Crippen LogP contribution in [0, 0.1) is 6.92 Å². The van der Waals surface area contributed by atoms with E-state index < -0.39 is 0 Å². The average molecular weight is 259 g/mol. The Bertz CT molecular complexity index is 426. The zero-order chi connectivity index (χ0) is 13.5. The van der Waals surface area contributed by atoms with E-state index in [1.807, 2.05) is 19.2 Å². The van der Waals surface area contributed by atoms with Crippen molar-refractivity contribution >= 4 is 0 Å². The van der Waals surface area contributed by atoms with E-state index in [1.54, 1.807) is 0 Å². The van der Waals surface area contributed by atoms with E-state index in [-0.39, 0.29) is 6.04 Å². The maximum atomic E-state index is 4.62. The van der Waals surface area contributed by atoms with Crippen LogP contribution in [0.5, 0.6) is 0 Å². The first kappa shape index (κ1) is 14.2. The van der Waals surface area contributed by atoms with Crippen molar-refractivity contribution in [1.29, 1.82) is 0 Å². The zero-order valence-corrected chi connectivity index (χ0v) is 12.2. The molecule has 0 bridgehead atoms. The molecule has 1 aliphatic rings. The fourth-order valence-electron chi connectivity index (χ4n) is 2.65. The Morgan fingerprint density at radius 2 is 2.21 bits per heavy atom. The van der Waals surface area contributed by atoms with Gasteiger partial charge >= 0.3 is 0 Å². The smallest absolute Gasteiger partial charge is 0.125 e. The molecule has 19 heavy (non-hydrogen) atoms. The molecule has 3 nitrogen and oxygen atoms in total. The largest absolute Gasteiger partial charge is 0.305 e. The van der Waals surface area contributed by atoms with Crippen molar-refractivity contribution in [3.63, 3.8) is 0 Å². The molecule has 1 heterocycles. The van der Waals surface area contributed by atoms with Gasteiger partial charge in [0.15, 0.2) is 0 Å². The summed E-state index contributed by atoms with van der Waals surface area (Å²) in [5.74, 6) is 0.857. The van der Waals surface area contributed by atoms with Crippen LogP contribution in [0.1, 0.15) is 63.0 Å². The average Bonchev–Trinajstić information content (AvgIpc) is 2.68. The van der Waals surface area contributed by atoms with E-state index in [0.29, 0.717) is 0 Å². The van der Waals surface area contributed by atoms with Crippen LogP contribution in [0.4, 0.5) is 0 Å². The van der Waals surface area contributed by atoms with Gasteiger partial charge in [-0.1, -0.05) is 25.0 Å². The minimum absolute atomic E-state index is 0.278. The van der Waals surface area contributed by atoms with Gasteiger partial charge in [-0.05, 0) is 51.6 Å². The Hall–Kier alpha value is -1.22. The number of rotatable bonds is 5. The van der Waals surface area contributed by atoms with Crippen LogP contribution >= 0.6 is 0 Å². The Morgan fingerprint density at radius 1 is 1.32 bits per heavy atom. The fraction of sp³-hybridized carbons (Fsp3) is 0.625. The third-order valence-electron chi connectivity index (χ3n) is 3.64. The van der Waals surface area contributed by atoms with Gasteiger partial charge in [0.05, 0.1) is 11.7 Å². The van der Waals surface area contributed by atoms with Crippen molar-refractivity contribution in [2.75, 3.05) is 6.54 Å². The van der Waals surface area contributed by atoms with Gasteiger partial charge in [0, 0.05) is 6.20 Å². The molecule has 3 heteroatoms. The van der Waals surface area contributed by atoms with Crippen LogP contribution in [-0.4, -0.2) is 16.5 Å². The number of nitrogens with one attached hydrogen (secondary N) is 1. The van der Waals surface area contributed by atoms with Crippen molar-refractivity contribution in [2.45, 2.75) is 58.4 Å². The van der Waals surface area contributed by atoms with Crippen molar-refractivity contribution in [3.8, 4) is 0 Å². The molecule has 1 aromatic rings. The standard InChI is InChI=1S/C16H25N3/c1-3-11-18-16(14-8-6-4-5-7-9-14)15-10-12-17-13(2)19-15/h8,10,12,16,18H,3-7,9,11H2,1-2H3. The molecule has 0 saturated heterocycles. The Kier molecular flexibility index (Phi) is 5.52. The van der Waals surface area contributed by atoms with Crippen molar-refractivity contribution in [2.24, 2.45) is 0 Å². The van der Waals surface area contributed by atoms with E-state index in [2.05, 4.69) is 28.3 Å². The van der Waals surface area contributed by atoms with Crippen LogP contribution in [-0.2, 0) is 0 Å². The van der Waals surface area contributed by atoms with Crippen molar-refractivity contribution in [3.05, 3.63) is 35.4 Å². The lowest BCUT2D eigenvalue weighted by Crippen LogP contribution is -2.25. The first-order chi connectivity index (χ1) is 9.31. The van der Waals surface area contributed by atoms with Gasteiger partial charge in [0.1, 0.15) is 5.82 Å². The minimum atomic E-state index is 0.278. The van der Waals surface area contributed by atoms with Crippen LogP contribution in [0.3, 0.4) is 0 Å². The molecular weight excluding hydrogens is 234 g/mol. The van der Waals surface area contributed by atoms with E-state index in [9.17, 15) is 0 Å². The normalized spacial score (nSPS) is 17.7. The molecule has 0 spiro atoms. The highest BCUT2D eigenvalue weighted by Crippen LogP contribution is 2.28. The quantitative estimate of drug-likeness (QED) is 0.819. The van der Waals surface area contributed by atoms with Crippen LogP contribution in [0.25, 0.3) is 0 Å². The molecule has 1 aliphatic carbocycles. The summed E-state index contributed by atoms with van der Waals surface area (Å²) in [6, 6.07) is 2.33. The lowest BCUT2D eigenvalue weighted by Gasteiger charge is -2.21. The number of aryl methyl sites for hydroxylation is 1. The molecule has 1 unspecified atom stereocenters. The molecule has 0 aromatic carbocycles. The van der Waals surface area contributed by atoms with Gasteiger partial charge in [-0.3, -0.25) is 0 Å². The summed E-state index contributed by atoms with van der Waals surface area (Å²) < 4.78 is 0. The SMILES string of the molecule is CCCNC(C1=CCCCCC1)c1ccnc(C)n1. The lowest BCUT2D eigenvalue weighted by atomic mass is 9.98. The summed E-state index contributed by atoms with van der Waals surface area (Å²) in [6.45, 7) is 5.20. The summed E-state index contributed by atoms with van der Waals surface area (Å²) in [4.78, 5) is 8.83. The van der Waals surface area contributed by atoms with Gasteiger partial charge in [0.25, 0.3) is 0 Å². The molecule has 0 aliphatic heterocycles. The zero-order valence-electron chi connectivity index (χ0n) is 12.2. The second kappa shape index (κ2) is 7.39. The maximum absolute atomic E-state index is 4.62. The van der Waals surface area contributed by atoms with Gasteiger partial charge < -0.3 is 5.32 Å². The fourth-order valence-corrected chi connectivity index (χ4v) is 2.65. The van der Waals surface area contributed by atoms with Crippen LogP contribution < -0.4 is 5.32 Å². The molecule has 0 amide bonds. The Balaban J connectivity index is 2.21. The summed E-state index contributed by atoms with van der Waals surface area (Å²) in [7, 11) is 0. The number of allylic oxidation sites excluding steroid dienone is 1. The van der Waals surface area contributed by atoms with Gasteiger partial charge in [-0.15, -0.1) is 0 Å². The molecule has 104 valence electrons. The Morgan fingerprint density at radius 3 is 3.00 bits per heavy atom. The summed E-state index contributed by atoms with van der Waals surface area (Å²) in [5.41, 5.74) is 2.64. The highest BCUT2D eigenvalue weighted by Gasteiger charge is 2.18. The second-order valence-corrected chi connectivity index (χ2v) is 5.29. The first-order valence-corrected chi connectivity index (χ1v) is 7.53. The van der Waals surface area contributed by atoms with Crippen molar-refractivity contribution in [1.82, 2.24) is 15.3 Å². The topological polar surface area (TPSA) is 37.8 Å². The number of aromatic nitrogens is 2. The molecule has 0 radical (unpaired) electrons. The number of hydrogen-bond donors (Lipinski definition) is 1. The molecule has 0 saturated carbocycles. The molecule has 2 rings (SSSR count). The highest BCUT2D eigenvalue weighted by molar-refractivity contribution is 5.22. The third kappa shape index (κ3) is 4.13. The third-order valence-corrected chi connectivity index (χ3v) is 3.64. The second-order valence-electron chi connectivity index (χ2n) is 5.29. The monoisotopic (exact) mass is 259 g/mol. The first-order valence-electron chi connectivity index (χ1n) is 7.53. The molecule has 1 aromatic heterocycles. The predicted octanol–water partition coefficient (Wildman–Crippen LogP) is 3.72. The van der Waals surface area contributed by atoms with E-state index >= 15 is 0 Å². The summed E-state index contributed by atoms with van der Waals surface area (Å²) in [6.07, 6.45) is 11.8. The predicted molar refractivity (Wildman–Crippen MR) is 79.0 cm³/mol. The van der Waals surface area contributed by atoms with Crippen LogP contribution in [0.2, 0.25) is 0 Å². The Labute approximate surface area is 116 Å². The maximum Gasteiger partial charge on any atom is 0.125 e. The summed E-state index contributed by atoms with van der Waals surface area (Å²) >= 11 is 0. The molecule has 1 N–H and O–H groups in total. The molecular formula is C16H25N3. The number of hydrogen-bond acceptors (Lipinski definition) is 3. The molecule has 1 atom stereocenters. The molecule has 0 fully saturated rings. The van der Waals surface area contributed by atoms with Gasteiger partial charge in [0.2, 0.25) is 0 Å².